The second-order valence-corrected chi connectivity index (χ2v) is 5.51. The van der Waals surface area contributed by atoms with Crippen molar-refractivity contribution in [3.63, 3.8) is 0 Å². The zero-order valence-corrected chi connectivity index (χ0v) is 12.3. The number of ether oxygens (including phenoxy) is 1. The minimum absolute atomic E-state index is 0.234. The number of amides is 2. The van der Waals surface area contributed by atoms with Crippen molar-refractivity contribution in [2.45, 2.75) is 70.4 Å². The van der Waals surface area contributed by atoms with Crippen LogP contribution < -0.4 is 10.6 Å². The summed E-state index contributed by atoms with van der Waals surface area (Å²) in [6.45, 7) is 3.69. The van der Waals surface area contributed by atoms with Crippen molar-refractivity contribution in [3.8, 4) is 0 Å². The van der Waals surface area contributed by atoms with Crippen molar-refractivity contribution in [2.75, 3.05) is 7.11 Å². The lowest BCUT2D eigenvalue weighted by Crippen LogP contribution is -2.57. The molecule has 0 heterocycles. The Morgan fingerprint density at radius 3 is 2.42 bits per heavy atom. The van der Waals surface area contributed by atoms with Gasteiger partial charge in [-0.1, -0.05) is 32.6 Å². The number of urea groups is 1. The number of methoxy groups -OCH3 is 1. The summed E-state index contributed by atoms with van der Waals surface area (Å²) in [4.78, 5) is 23.8. The summed E-state index contributed by atoms with van der Waals surface area (Å²) in [5, 5.41) is 5.72. The second kappa shape index (κ2) is 7.36. The minimum atomic E-state index is -0.942. The average Bonchev–Trinajstić information content (AvgIpc) is 2.38. The number of hydrogen-bond donors (Lipinski definition) is 2. The molecule has 1 aliphatic carbocycles. The summed E-state index contributed by atoms with van der Waals surface area (Å²) in [5.41, 5.74) is -0.942. The molecule has 0 bridgehead atoms. The molecule has 2 N–H and O–H groups in total. The summed E-state index contributed by atoms with van der Waals surface area (Å²) >= 11 is 0. The maximum Gasteiger partial charge on any atom is 0.331 e. The third-order valence-electron chi connectivity index (χ3n) is 3.72. The predicted octanol–water partition coefficient (Wildman–Crippen LogP) is 2.35. The number of nitrogens with one attached hydrogen (secondary N) is 2. The van der Waals surface area contributed by atoms with Gasteiger partial charge in [-0.3, -0.25) is 0 Å². The standard InChI is InChI=1S/C14H26N2O3/c1-4-10-14(2,12(17)19-3)16-13(18)15-11-8-6-5-7-9-11/h11H,4-10H2,1-3H3,(H2,15,16,18). The lowest BCUT2D eigenvalue weighted by molar-refractivity contribution is -0.147. The number of carbonyl (C=O) groups excluding carboxylic acids is 2. The lowest BCUT2D eigenvalue weighted by atomic mass is 9.95. The van der Waals surface area contributed by atoms with Crippen molar-refractivity contribution in [1.29, 1.82) is 0 Å². The van der Waals surface area contributed by atoms with Gasteiger partial charge in [-0.15, -0.1) is 0 Å². The van der Waals surface area contributed by atoms with Crippen LogP contribution >= 0.6 is 0 Å². The van der Waals surface area contributed by atoms with E-state index in [9.17, 15) is 9.59 Å². The molecular formula is C14H26N2O3. The predicted molar refractivity (Wildman–Crippen MR) is 73.9 cm³/mol. The smallest absolute Gasteiger partial charge is 0.331 e. The van der Waals surface area contributed by atoms with Crippen molar-refractivity contribution in [1.82, 2.24) is 10.6 Å². The van der Waals surface area contributed by atoms with Crippen molar-refractivity contribution >= 4 is 12.0 Å². The Morgan fingerprint density at radius 2 is 1.89 bits per heavy atom. The van der Waals surface area contributed by atoms with Crippen LogP contribution in [-0.2, 0) is 9.53 Å². The van der Waals surface area contributed by atoms with Crippen LogP contribution in [0.5, 0.6) is 0 Å². The van der Waals surface area contributed by atoms with Gasteiger partial charge in [0.25, 0.3) is 0 Å². The molecule has 0 aromatic carbocycles. The first-order valence-electron chi connectivity index (χ1n) is 7.19. The normalized spacial score (nSPS) is 19.3. The first kappa shape index (κ1) is 15.8. The molecule has 2 amide bonds. The molecule has 1 rings (SSSR count). The summed E-state index contributed by atoms with van der Waals surface area (Å²) in [5.74, 6) is -0.395. The van der Waals surface area contributed by atoms with Gasteiger partial charge in [0, 0.05) is 6.04 Å². The van der Waals surface area contributed by atoms with E-state index < -0.39 is 11.5 Å². The first-order chi connectivity index (χ1) is 9.01. The van der Waals surface area contributed by atoms with Gasteiger partial charge in [0.1, 0.15) is 5.54 Å². The molecule has 1 fully saturated rings. The Labute approximate surface area is 115 Å². The summed E-state index contributed by atoms with van der Waals surface area (Å²) in [6.07, 6.45) is 6.98. The molecule has 1 atom stereocenters. The molecule has 5 heteroatoms. The quantitative estimate of drug-likeness (QED) is 0.754. The molecule has 19 heavy (non-hydrogen) atoms. The minimum Gasteiger partial charge on any atom is -0.467 e. The fourth-order valence-electron chi connectivity index (χ4n) is 2.66. The highest BCUT2D eigenvalue weighted by atomic mass is 16.5. The van der Waals surface area contributed by atoms with E-state index in [4.69, 9.17) is 4.74 Å². The topological polar surface area (TPSA) is 67.4 Å². The van der Waals surface area contributed by atoms with Crippen LogP contribution in [0.15, 0.2) is 0 Å². The Bertz CT molecular complexity index is 314. The highest BCUT2D eigenvalue weighted by molar-refractivity contribution is 5.87. The fourth-order valence-corrected chi connectivity index (χ4v) is 2.66. The van der Waals surface area contributed by atoms with Gasteiger partial charge < -0.3 is 15.4 Å². The molecule has 0 radical (unpaired) electrons. The second-order valence-electron chi connectivity index (χ2n) is 5.51. The van der Waals surface area contributed by atoms with Gasteiger partial charge in [0.15, 0.2) is 0 Å². The number of esters is 1. The lowest BCUT2D eigenvalue weighted by Gasteiger charge is -2.30. The molecule has 1 aliphatic rings. The van der Waals surface area contributed by atoms with E-state index in [1.54, 1.807) is 6.92 Å². The third-order valence-corrected chi connectivity index (χ3v) is 3.72. The largest absolute Gasteiger partial charge is 0.467 e. The monoisotopic (exact) mass is 270 g/mol. The van der Waals surface area contributed by atoms with Gasteiger partial charge in [-0.05, 0) is 26.2 Å². The van der Waals surface area contributed by atoms with Crippen LogP contribution in [0.4, 0.5) is 4.79 Å². The fraction of sp³-hybridized carbons (Fsp3) is 0.857. The number of carbonyl (C=O) groups is 2. The van der Waals surface area contributed by atoms with Crippen LogP contribution in [-0.4, -0.2) is 30.7 Å². The number of rotatable bonds is 5. The molecule has 1 saturated carbocycles. The molecule has 110 valence electrons. The summed E-state index contributed by atoms with van der Waals surface area (Å²) in [6, 6.07) is -0.0366. The molecule has 0 spiro atoms. The molecule has 5 nitrogen and oxygen atoms in total. The van der Waals surface area contributed by atoms with Gasteiger partial charge in [-0.2, -0.15) is 0 Å². The summed E-state index contributed by atoms with van der Waals surface area (Å²) in [7, 11) is 1.34. The Morgan fingerprint density at radius 1 is 1.26 bits per heavy atom. The van der Waals surface area contributed by atoms with Gasteiger partial charge in [0.05, 0.1) is 7.11 Å². The average molecular weight is 270 g/mol. The zero-order chi connectivity index (χ0) is 14.3. The van der Waals surface area contributed by atoms with E-state index in [1.807, 2.05) is 6.92 Å². The molecule has 1 unspecified atom stereocenters. The maximum atomic E-state index is 12.0. The Kier molecular flexibility index (Phi) is 6.12. The Balaban J connectivity index is 2.53. The van der Waals surface area contributed by atoms with Crippen LogP contribution in [0.1, 0.15) is 58.8 Å². The van der Waals surface area contributed by atoms with E-state index in [0.717, 1.165) is 32.1 Å². The number of hydrogen-bond acceptors (Lipinski definition) is 3. The molecule has 0 aromatic heterocycles. The van der Waals surface area contributed by atoms with Crippen molar-refractivity contribution < 1.29 is 14.3 Å². The third kappa shape index (κ3) is 4.73. The summed E-state index contributed by atoms with van der Waals surface area (Å²) < 4.78 is 4.78. The van der Waals surface area contributed by atoms with E-state index in [1.165, 1.54) is 13.5 Å². The van der Waals surface area contributed by atoms with E-state index in [2.05, 4.69) is 10.6 Å². The van der Waals surface area contributed by atoms with Gasteiger partial charge >= 0.3 is 12.0 Å². The zero-order valence-electron chi connectivity index (χ0n) is 12.3. The van der Waals surface area contributed by atoms with Crippen LogP contribution in [0.2, 0.25) is 0 Å². The van der Waals surface area contributed by atoms with Gasteiger partial charge in [-0.25, -0.2) is 9.59 Å². The van der Waals surface area contributed by atoms with Crippen LogP contribution in [0, 0.1) is 0 Å². The SMILES string of the molecule is CCCC(C)(NC(=O)NC1CCCCC1)C(=O)OC. The maximum absolute atomic E-state index is 12.0. The first-order valence-corrected chi connectivity index (χ1v) is 7.19. The molecule has 0 saturated heterocycles. The van der Waals surface area contributed by atoms with E-state index in [-0.39, 0.29) is 12.1 Å². The van der Waals surface area contributed by atoms with Crippen LogP contribution in [0.3, 0.4) is 0 Å². The van der Waals surface area contributed by atoms with Crippen molar-refractivity contribution in [3.05, 3.63) is 0 Å². The molecule has 0 aromatic rings. The van der Waals surface area contributed by atoms with Crippen molar-refractivity contribution in [2.24, 2.45) is 0 Å². The Hall–Kier alpha value is -1.26. The molecular weight excluding hydrogens is 244 g/mol. The van der Waals surface area contributed by atoms with Crippen LogP contribution in [0.25, 0.3) is 0 Å². The van der Waals surface area contributed by atoms with E-state index in [0.29, 0.717) is 6.42 Å². The van der Waals surface area contributed by atoms with E-state index >= 15 is 0 Å². The highest BCUT2D eigenvalue weighted by Crippen LogP contribution is 2.18. The van der Waals surface area contributed by atoms with Gasteiger partial charge in [0.2, 0.25) is 0 Å². The molecule has 0 aliphatic heterocycles. The highest BCUT2D eigenvalue weighted by Gasteiger charge is 2.35.